The molecule has 0 heterocycles. The van der Waals surface area contributed by atoms with Gasteiger partial charge >= 0.3 is 0 Å². The summed E-state index contributed by atoms with van der Waals surface area (Å²) in [6.45, 7) is 1.95. The van der Waals surface area contributed by atoms with E-state index in [0.29, 0.717) is 4.90 Å². The highest BCUT2D eigenvalue weighted by atomic mass is 32.2. The molecule has 1 aromatic rings. The van der Waals surface area contributed by atoms with Gasteiger partial charge in [-0.3, -0.25) is 9.00 Å². The van der Waals surface area contributed by atoms with Gasteiger partial charge in [0.2, 0.25) is 5.78 Å². The predicted molar refractivity (Wildman–Crippen MR) is 76.6 cm³/mol. The van der Waals surface area contributed by atoms with E-state index < -0.39 is 16.4 Å². The molecule has 0 saturated carbocycles. The van der Waals surface area contributed by atoms with Gasteiger partial charge < -0.3 is 9.84 Å². The Morgan fingerprint density at radius 2 is 1.95 bits per heavy atom. The Hall–Kier alpha value is -1.72. The highest BCUT2D eigenvalue weighted by molar-refractivity contribution is 7.85. The zero-order valence-electron chi connectivity index (χ0n) is 11.3. The van der Waals surface area contributed by atoms with Crippen molar-refractivity contribution in [3.8, 4) is 0 Å². The number of hydrogen-bond acceptors (Lipinski definition) is 4. The summed E-state index contributed by atoms with van der Waals surface area (Å²) in [7, 11) is -0.00808. The summed E-state index contributed by atoms with van der Waals surface area (Å²) in [5.41, 5.74) is -0.358. The minimum atomic E-state index is -1.44. The summed E-state index contributed by atoms with van der Waals surface area (Å²) in [6, 6.07) is 7.28. The van der Waals surface area contributed by atoms with Crippen LogP contribution in [0.4, 0.5) is 0 Å². The average Bonchev–Trinajstić information content (AvgIpc) is 2.42. The number of aliphatic hydroxyl groups is 1. The lowest BCUT2D eigenvalue weighted by molar-refractivity contribution is -0.114. The second kappa shape index (κ2) is 5.73. The molecule has 0 aromatic heterocycles. The van der Waals surface area contributed by atoms with Gasteiger partial charge in [0.25, 0.3) is 0 Å². The molecule has 0 fully saturated rings. The fourth-order valence-corrected chi connectivity index (χ4v) is 3.09. The molecule has 1 aromatic carbocycles. The van der Waals surface area contributed by atoms with Crippen LogP contribution < -0.4 is 0 Å². The smallest absolute Gasteiger partial charge is 0.219 e. The second-order valence-corrected chi connectivity index (χ2v) is 6.16. The number of benzene rings is 1. The molecule has 0 bridgehead atoms. The summed E-state index contributed by atoms with van der Waals surface area (Å²) in [4.78, 5) is 12.1. The van der Waals surface area contributed by atoms with Gasteiger partial charge in [0.1, 0.15) is 5.60 Å². The van der Waals surface area contributed by atoms with Crippen LogP contribution >= 0.6 is 0 Å². The van der Waals surface area contributed by atoms with Gasteiger partial charge in [-0.15, -0.1) is 0 Å². The number of carbonyl (C=O) groups excluding carboxylic acids is 1. The summed E-state index contributed by atoms with van der Waals surface area (Å²) in [5, 5.41) is 10.4. The van der Waals surface area contributed by atoms with Crippen LogP contribution in [0.5, 0.6) is 0 Å². The first-order chi connectivity index (χ1) is 9.43. The van der Waals surface area contributed by atoms with Crippen LogP contribution in [0, 0.1) is 6.92 Å². The van der Waals surface area contributed by atoms with Crippen molar-refractivity contribution in [2.75, 3.05) is 12.9 Å². The molecular formula is C15H16O4S. The van der Waals surface area contributed by atoms with Crippen molar-refractivity contribution >= 4 is 16.6 Å². The van der Waals surface area contributed by atoms with Gasteiger partial charge in [-0.05, 0) is 37.3 Å². The Kier molecular flexibility index (Phi) is 4.20. The second-order valence-electron chi connectivity index (χ2n) is 4.70. The van der Waals surface area contributed by atoms with E-state index in [2.05, 4.69) is 0 Å². The van der Waals surface area contributed by atoms with Crippen LogP contribution in [-0.4, -0.2) is 33.6 Å². The Bertz CT molecular complexity index is 601. The van der Waals surface area contributed by atoms with Crippen LogP contribution in [0.2, 0.25) is 0 Å². The summed E-state index contributed by atoms with van der Waals surface area (Å²) < 4.78 is 17.2. The van der Waals surface area contributed by atoms with E-state index in [1.807, 2.05) is 19.1 Å². The number of aryl methyl sites for hydroxylation is 1. The van der Waals surface area contributed by atoms with E-state index >= 15 is 0 Å². The summed E-state index contributed by atoms with van der Waals surface area (Å²) >= 11 is 0. The van der Waals surface area contributed by atoms with Crippen molar-refractivity contribution in [3.63, 3.8) is 0 Å². The molecule has 2 rings (SSSR count). The van der Waals surface area contributed by atoms with E-state index in [-0.39, 0.29) is 17.3 Å². The number of ketones is 1. The third-order valence-corrected chi connectivity index (χ3v) is 4.54. The molecule has 2 atom stereocenters. The molecule has 0 amide bonds. The van der Waals surface area contributed by atoms with Crippen molar-refractivity contribution < 1.29 is 18.8 Å². The Labute approximate surface area is 120 Å². The van der Waals surface area contributed by atoms with E-state index in [1.54, 1.807) is 12.1 Å². The summed E-state index contributed by atoms with van der Waals surface area (Å²) in [6.07, 6.45) is 3.90. The maximum absolute atomic E-state index is 12.3. The molecule has 106 valence electrons. The maximum atomic E-state index is 12.3. The molecule has 1 aliphatic carbocycles. The largest absolute Gasteiger partial charge is 0.493 e. The third-order valence-electron chi connectivity index (χ3n) is 3.01. The lowest BCUT2D eigenvalue weighted by Crippen LogP contribution is -2.34. The monoisotopic (exact) mass is 292 g/mol. The van der Waals surface area contributed by atoms with Gasteiger partial charge in [0.05, 0.1) is 23.7 Å². The van der Waals surface area contributed by atoms with Gasteiger partial charge in [-0.2, -0.15) is 0 Å². The number of rotatable bonds is 4. The molecule has 1 aliphatic rings. The average molecular weight is 292 g/mol. The first-order valence-corrected chi connectivity index (χ1v) is 7.43. The molecule has 4 nitrogen and oxygen atoms in total. The molecule has 0 aliphatic heterocycles. The first-order valence-electron chi connectivity index (χ1n) is 6.11. The lowest BCUT2D eigenvalue weighted by atomic mass is 9.98. The fraction of sp³-hybridized carbons (Fsp3) is 0.267. The zero-order chi connectivity index (χ0) is 14.8. The van der Waals surface area contributed by atoms with Crippen LogP contribution in [0.15, 0.2) is 53.1 Å². The van der Waals surface area contributed by atoms with E-state index in [9.17, 15) is 14.1 Å². The van der Waals surface area contributed by atoms with Gasteiger partial charge in [0.15, 0.2) is 5.76 Å². The highest BCUT2D eigenvalue weighted by Gasteiger charge is 2.30. The predicted octanol–water partition coefficient (Wildman–Crippen LogP) is 1.50. The van der Waals surface area contributed by atoms with E-state index in [0.717, 1.165) is 5.56 Å². The minimum Gasteiger partial charge on any atom is -0.493 e. The maximum Gasteiger partial charge on any atom is 0.219 e. The van der Waals surface area contributed by atoms with Crippen LogP contribution in [0.1, 0.15) is 5.56 Å². The van der Waals surface area contributed by atoms with Crippen molar-refractivity contribution in [2.45, 2.75) is 17.4 Å². The first kappa shape index (κ1) is 14.7. The van der Waals surface area contributed by atoms with Crippen LogP contribution in [-0.2, 0) is 20.3 Å². The lowest BCUT2D eigenvalue weighted by Gasteiger charge is -2.23. The van der Waals surface area contributed by atoms with Crippen molar-refractivity contribution in [2.24, 2.45) is 0 Å². The Morgan fingerprint density at radius 1 is 1.30 bits per heavy atom. The van der Waals surface area contributed by atoms with Crippen molar-refractivity contribution in [1.29, 1.82) is 0 Å². The van der Waals surface area contributed by atoms with Crippen LogP contribution in [0.25, 0.3) is 0 Å². The number of ether oxygens (including phenoxy) is 1. The highest BCUT2D eigenvalue weighted by Crippen LogP contribution is 2.22. The Balaban J connectivity index is 2.18. The Morgan fingerprint density at radius 3 is 2.55 bits per heavy atom. The van der Waals surface area contributed by atoms with Crippen molar-refractivity contribution in [3.05, 3.63) is 53.8 Å². The number of methoxy groups -OCH3 is 1. The number of carbonyl (C=O) groups is 1. The summed E-state index contributed by atoms with van der Waals surface area (Å²) in [5.74, 6) is -0.263. The van der Waals surface area contributed by atoms with E-state index in [4.69, 9.17) is 4.74 Å². The normalized spacial score (nSPS) is 23.4. The minimum absolute atomic E-state index is 0.0211. The fourth-order valence-electron chi connectivity index (χ4n) is 1.88. The van der Waals surface area contributed by atoms with Gasteiger partial charge in [-0.25, -0.2) is 0 Å². The van der Waals surface area contributed by atoms with Crippen molar-refractivity contribution in [1.82, 2.24) is 0 Å². The topological polar surface area (TPSA) is 63.6 Å². The van der Waals surface area contributed by atoms with Gasteiger partial charge in [-0.1, -0.05) is 17.7 Å². The molecule has 5 heteroatoms. The molecule has 1 unspecified atom stereocenters. The molecule has 0 saturated heterocycles. The molecule has 0 spiro atoms. The van der Waals surface area contributed by atoms with Crippen LogP contribution in [0.3, 0.4) is 0 Å². The third kappa shape index (κ3) is 3.23. The standard InChI is InChI=1S/C15H16O4S/c1-11-3-5-12(6-4-11)20(18)10-15(17)8-7-13(16)14(9-15)19-2/h3-9,17H,10H2,1-2H3/t15-,20?/m0/s1. The molecule has 0 radical (unpaired) electrons. The SMILES string of the molecule is COC1=C[C@](O)(CS(=O)c2ccc(C)cc2)C=CC1=O. The zero-order valence-corrected chi connectivity index (χ0v) is 12.1. The quantitative estimate of drug-likeness (QED) is 0.913. The van der Waals surface area contributed by atoms with Gasteiger partial charge in [0, 0.05) is 4.90 Å². The molecule has 1 N–H and O–H groups in total. The molecular weight excluding hydrogens is 276 g/mol. The van der Waals surface area contributed by atoms with E-state index in [1.165, 1.54) is 25.3 Å². The number of allylic oxidation sites excluding steroid dienone is 1. The number of hydrogen-bond donors (Lipinski definition) is 1. The molecule has 20 heavy (non-hydrogen) atoms.